The minimum Gasteiger partial charge on any atom is -0.464 e. The van der Waals surface area contributed by atoms with E-state index in [1.807, 2.05) is 136 Å². The second kappa shape index (κ2) is 25.1. The number of hydrogen-bond acceptors (Lipinski definition) is 12. The predicted molar refractivity (Wildman–Crippen MR) is 319 cm³/mol. The summed E-state index contributed by atoms with van der Waals surface area (Å²) >= 11 is 11.1. The standard InChI is InChI=1S/C22H23BrClNO3S.C13H15N3O.C13H17N3.C12H12N4O/c1-6-27-20(26)18(28-22(3,4)5)16-12(2)11-15-19(29-21(23)25-15)17(16)13-7-9-14(24)10-8-13;1-16-12-5-4-9(7-10(12)8-15-16)11-3-2-6-14-13(11)17;1-16-13-5-4-10(7-12(13)9-15-16)11-3-2-6-14-8-11;1-16-10-3-2-8(6-9(10)7-15-16)11-12(17)14-5-4-13-11/h7-11,18H,6H2,1-5H3;4-5,7-8,11H,2-3,6H2,1H3,(H,14,17);4-5,7,9,11,14H,2-3,6,8H2,1H3;2-3,6-7H,4-5H2,1H3,(H,14,17)/t18-;;;/m0.../s1. The number of carbonyl (C=O) groups excluding carboxylic acids is 3. The Kier molecular flexibility index (Phi) is 18.1. The fourth-order valence-electron chi connectivity index (χ4n) is 10.3. The summed E-state index contributed by atoms with van der Waals surface area (Å²) in [6.07, 6.45) is 9.33. The topological polar surface area (TPSA) is 184 Å². The van der Waals surface area contributed by atoms with E-state index in [2.05, 4.69) is 81.4 Å². The quantitative estimate of drug-likeness (QED) is 0.124. The SMILES string of the molecule is CCOC(=O)[C@@H](OC(C)(C)C)c1c(C)cc2nc(Br)sc2c1-c1ccc(Cl)cc1.Cn1ncc2cc(C3=NCCNC3=O)ccc21.Cn1ncc2cc(C3CCCNC3)ccc21.Cn1ncc2cc(C3CCCNC3=O)ccc21. The molecule has 2 amide bonds. The minimum absolute atomic E-state index is 0.00774. The lowest BCUT2D eigenvalue weighted by molar-refractivity contribution is -0.166. The maximum Gasteiger partial charge on any atom is 0.339 e. The molecule has 0 bridgehead atoms. The van der Waals surface area contributed by atoms with Crippen LogP contribution in [0.1, 0.15) is 99.1 Å². The molecule has 79 heavy (non-hydrogen) atoms. The fourth-order valence-corrected chi connectivity index (χ4v) is 12.0. The van der Waals surface area contributed by atoms with Crippen LogP contribution < -0.4 is 16.0 Å². The summed E-state index contributed by atoms with van der Waals surface area (Å²) in [5.41, 5.74) is 11.2. The van der Waals surface area contributed by atoms with Crippen molar-refractivity contribution >= 4 is 105 Å². The molecule has 3 aliphatic rings. The molecule has 12 rings (SSSR count). The van der Waals surface area contributed by atoms with Crippen LogP contribution in [-0.4, -0.2) is 103 Å². The highest BCUT2D eigenvalue weighted by molar-refractivity contribution is 9.11. The zero-order valence-electron chi connectivity index (χ0n) is 45.9. The molecule has 16 nitrogen and oxygen atoms in total. The van der Waals surface area contributed by atoms with Crippen LogP contribution >= 0.6 is 38.9 Å². The summed E-state index contributed by atoms with van der Waals surface area (Å²) < 4.78 is 19.0. The van der Waals surface area contributed by atoms with Gasteiger partial charge in [0.05, 0.1) is 70.0 Å². The molecule has 4 aromatic heterocycles. The molecule has 9 aromatic rings. The van der Waals surface area contributed by atoms with Gasteiger partial charge in [-0.1, -0.05) is 41.9 Å². The molecule has 412 valence electrons. The highest BCUT2D eigenvalue weighted by Crippen LogP contribution is 2.44. The number of nitrogens with zero attached hydrogens (tertiary/aromatic N) is 8. The predicted octanol–water partition coefficient (Wildman–Crippen LogP) is 11.2. The zero-order valence-corrected chi connectivity index (χ0v) is 49.1. The number of esters is 1. The number of halogens is 2. The van der Waals surface area contributed by atoms with Crippen molar-refractivity contribution in [2.24, 2.45) is 26.1 Å². The normalized spacial score (nSPS) is 16.9. The average molecular weight is 1170 g/mol. The molecule has 0 aliphatic carbocycles. The Morgan fingerprint density at radius 3 is 2.00 bits per heavy atom. The number of amides is 2. The largest absolute Gasteiger partial charge is 0.464 e. The van der Waals surface area contributed by atoms with Crippen LogP contribution in [0.5, 0.6) is 0 Å². The molecule has 2 fully saturated rings. The first-order valence-electron chi connectivity index (χ1n) is 26.7. The molecule has 2 unspecified atom stereocenters. The fraction of sp³-hybridized carbons (Fsp3) is 0.367. The van der Waals surface area contributed by atoms with Gasteiger partial charge in [0.25, 0.3) is 5.91 Å². The molecule has 0 radical (unpaired) electrons. The van der Waals surface area contributed by atoms with Crippen molar-refractivity contribution in [1.82, 2.24) is 50.3 Å². The Bertz CT molecular complexity index is 3680. The third kappa shape index (κ3) is 13.4. The Morgan fingerprint density at radius 1 is 0.785 bits per heavy atom. The summed E-state index contributed by atoms with van der Waals surface area (Å²) in [5, 5.41) is 25.9. The second-order valence-electron chi connectivity index (χ2n) is 20.9. The first-order chi connectivity index (χ1) is 38.0. The number of fused-ring (bicyclic) bond motifs is 4. The number of hydrogen-bond donors (Lipinski definition) is 3. The molecular formula is C60H67BrClN11O5S. The van der Waals surface area contributed by atoms with Gasteiger partial charge in [-0.05, 0) is 166 Å². The van der Waals surface area contributed by atoms with Gasteiger partial charge >= 0.3 is 5.97 Å². The van der Waals surface area contributed by atoms with E-state index in [0.29, 0.717) is 29.7 Å². The van der Waals surface area contributed by atoms with Gasteiger partial charge in [-0.3, -0.25) is 28.6 Å². The summed E-state index contributed by atoms with van der Waals surface area (Å²) in [4.78, 5) is 45.3. The molecule has 19 heteroatoms. The van der Waals surface area contributed by atoms with E-state index in [1.54, 1.807) is 13.1 Å². The van der Waals surface area contributed by atoms with Crippen molar-refractivity contribution in [3.63, 3.8) is 0 Å². The molecule has 3 N–H and O–H groups in total. The number of aliphatic imine (C=N–C) groups is 1. The summed E-state index contributed by atoms with van der Waals surface area (Å²) in [5.74, 6) is 0.342. The average Bonchev–Trinajstić information content (AvgIpc) is 4.35. The van der Waals surface area contributed by atoms with Crippen LogP contribution in [0.3, 0.4) is 0 Å². The van der Waals surface area contributed by atoms with E-state index < -0.39 is 17.7 Å². The van der Waals surface area contributed by atoms with Crippen molar-refractivity contribution in [3.05, 3.63) is 140 Å². The lowest BCUT2D eigenvalue weighted by Crippen LogP contribution is -2.37. The summed E-state index contributed by atoms with van der Waals surface area (Å²) in [6, 6.07) is 28.3. The Balaban J connectivity index is 0.000000132. The van der Waals surface area contributed by atoms with Gasteiger partial charge in [-0.15, -0.1) is 11.3 Å². The number of thiazole rings is 1. The van der Waals surface area contributed by atoms with Crippen LogP contribution in [-0.2, 0) is 45.0 Å². The molecule has 0 saturated carbocycles. The molecule has 3 aliphatic heterocycles. The Hall–Kier alpha value is -6.83. The third-order valence-electron chi connectivity index (χ3n) is 14.2. The van der Waals surface area contributed by atoms with E-state index >= 15 is 0 Å². The molecular weight excluding hydrogens is 1100 g/mol. The Labute approximate surface area is 477 Å². The third-order valence-corrected chi connectivity index (χ3v) is 16.0. The van der Waals surface area contributed by atoms with Crippen molar-refractivity contribution in [1.29, 1.82) is 0 Å². The van der Waals surface area contributed by atoms with Gasteiger partial charge in [0, 0.05) is 78.6 Å². The van der Waals surface area contributed by atoms with Gasteiger partial charge in [0.1, 0.15) is 5.71 Å². The van der Waals surface area contributed by atoms with Crippen LogP contribution in [0, 0.1) is 6.92 Å². The van der Waals surface area contributed by atoms with Crippen molar-refractivity contribution in [3.8, 4) is 11.1 Å². The van der Waals surface area contributed by atoms with Crippen molar-refractivity contribution < 1.29 is 23.9 Å². The van der Waals surface area contributed by atoms with Gasteiger partial charge in [-0.2, -0.15) is 15.3 Å². The number of benzene rings is 5. The number of aryl methyl sites for hydroxylation is 4. The molecule has 5 aromatic carbocycles. The van der Waals surface area contributed by atoms with Crippen molar-refractivity contribution in [2.45, 2.75) is 83.8 Å². The lowest BCUT2D eigenvalue weighted by Gasteiger charge is -2.29. The van der Waals surface area contributed by atoms with E-state index in [1.165, 1.54) is 47.2 Å². The van der Waals surface area contributed by atoms with Crippen molar-refractivity contribution in [2.75, 3.05) is 39.3 Å². The Morgan fingerprint density at radius 2 is 1.39 bits per heavy atom. The van der Waals surface area contributed by atoms with Gasteiger partial charge in [0.2, 0.25) is 5.91 Å². The smallest absolute Gasteiger partial charge is 0.339 e. The highest BCUT2D eigenvalue weighted by Gasteiger charge is 2.34. The number of rotatable bonds is 8. The molecule has 2 saturated heterocycles. The van der Waals surface area contributed by atoms with Crippen LogP contribution in [0.4, 0.5) is 0 Å². The first-order valence-corrected chi connectivity index (χ1v) is 28.7. The number of ether oxygens (including phenoxy) is 2. The van der Waals surface area contributed by atoms with Crippen LogP contribution in [0.15, 0.2) is 112 Å². The lowest BCUT2D eigenvalue weighted by atomic mass is 9.90. The number of aromatic nitrogens is 7. The minimum atomic E-state index is -0.856. The first kappa shape index (κ1) is 56.9. The molecule has 7 heterocycles. The zero-order chi connectivity index (χ0) is 56.0. The van der Waals surface area contributed by atoms with E-state index in [-0.39, 0.29) is 24.3 Å². The highest BCUT2D eigenvalue weighted by atomic mass is 79.9. The second-order valence-corrected chi connectivity index (χ2v) is 23.6. The van der Waals surface area contributed by atoms with E-state index in [0.717, 1.165) is 95.3 Å². The summed E-state index contributed by atoms with van der Waals surface area (Å²) in [7, 11) is 5.81. The maximum atomic E-state index is 13.0. The van der Waals surface area contributed by atoms with Gasteiger partial charge < -0.3 is 25.4 Å². The number of piperidine rings is 2. The van der Waals surface area contributed by atoms with Crippen LogP contribution in [0.2, 0.25) is 5.02 Å². The number of carbonyl (C=O) groups is 3. The van der Waals surface area contributed by atoms with E-state index in [9.17, 15) is 14.4 Å². The summed E-state index contributed by atoms with van der Waals surface area (Å²) in [6.45, 7) is 14.2. The maximum absolute atomic E-state index is 13.0. The van der Waals surface area contributed by atoms with Crippen LogP contribution in [0.25, 0.3) is 54.1 Å². The molecule has 3 atom stereocenters. The monoisotopic (exact) mass is 1170 g/mol. The molecule has 0 spiro atoms. The van der Waals surface area contributed by atoms with Gasteiger partial charge in [0.15, 0.2) is 10.0 Å². The van der Waals surface area contributed by atoms with Gasteiger partial charge in [-0.25, -0.2) is 9.78 Å². The number of nitrogens with one attached hydrogen (secondary N) is 3. The van der Waals surface area contributed by atoms with E-state index in [4.69, 9.17) is 21.1 Å².